The number of nitrogens with one attached hydrogen (secondary N) is 1. The lowest BCUT2D eigenvalue weighted by Crippen LogP contribution is -2.44. The minimum absolute atomic E-state index is 0.0213. The molecule has 0 aliphatic heterocycles. The van der Waals surface area contributed by atoms with E-state index in [4.69, 9.17) is 5.11 Å². The predicted molar refractivity (Wildman–Crippen MR) is 78.4 cm³/mol. The van der Waals surface area contributed by atoms with Crippen LogP contribution < -0.4 is 4.72 Å². The molecule has 0 amide bonds. The largest absolute Gasteiger partial charge is 0.481 e. The molecule has 2 N–H and O–H groups in total. The fourth-order valence-electron chi connectivity index (χ4n) is 1.74. The predicted octanol–water partition coefficient (Wildman–Crippen LogP) is 1.56. The van der Waals surface area contributed by atoms with Gasteiger partial charge >= 0.3 is 5.97 Å². The number of nitrogens with zero attached hydrogens (tertiary/aromatic N) is 1. The number of sulfonamides is 1. The third-order valence-corrected chi connectivity index (χ3v) is 5.44. The number of aliphatic carboxylic acids is 1. The highest BCUT2D eigenvalue weighted by molar-refractivity contribution is 7.89. The molecule has 8 heteroatoms. The van der Waals surface area contributed by atoms with Crippen LogP contribution in [0.2, 0.25) is 0 Å². The van der Waals surface area contributed by atoms with Gasteiger partial charge in [-0.2, -0.15) is 0 Å². The Morgan fingerprint density at radius 3 is 2.65 bits per heavy atom. The summed E-state index contributed by atoms with van der Waals surface area (Å²) in [6, 6.07) is 0. The molecule has 1 aromatic rings. The Hall–Kier alpha value is -0.990. The van der Waals surface area contributed by atoms with Crippen LogP contribution in [0.4, 0.5) is 0 Å². The maximum atomic E-state index is 12.0. The fraction of sp³-hybridized carbons (Fsp3) is 0.667. The highest BCUT2D eigenvalue weighted by Crippen LogP contribution is 2.16. The Balaban J connectivity index is 2.56. The van der Waals surface area contributed by atoms with E-state index in [-0.39, 0.29) is 18.6 Å². The summed E-state index contributed by atoms with van der Waals surface area (Å²) < 4.78 is 26.6. The Morgan fingerprint density at radius 1 is 1.50 bits per heavy atom. The summed E-state index contributed by atoms with van der Waals surface area (Å²) in [5, 5.41) is 8.65. The van der Waals surface area contributed by atoms with Crippen molar-refractivity contribution in [2.75, 3.05) is 5.75 Å². The molecule has 0 bridgehead atoms. The van der Waals surface area contributed by atoms with Crippen LogP contribution in [0.3, 0.4) is 0 Å². The maximum absolute atomic E-state index is 12.0. The molecule has 0 fully saturated rings. The van der Waals surface area contributed by atoms with Gasteiger partial charge in [0.2, 0.25) is 10.0 Å². The molecule has 0 aromatic carbocycles. The standard InChI is InChI=1S/C12H20N2O4S2/c1-9-10(19-8-13-9)5-7-20(17,18)14-12(2,3)6-4-11(15)16/h8,14H,4-7H2,1-3H3,(H,15,16). The Labute approximate surface area is 123 Å². The van der Waals surface area contributed by atoms with E-state index in [2.05, 4.69) is 9.71 Å². The highest BCUT2D eigenvalue weighted by atomic mass is 32.2. The van der Waals surface area contributed by atoms with Gasteiger partial charge in [0.05, 0.1) is 17.0 Å². The van der Waals surface area contributed by atoms with Gasteiger partial charge in [-0.15, -0.1) is 11.3 Å². The van der Waals surface area contributed by atoms with Crippen molar-refractivity contribution in [3.05, 3.63) is 16.1 Å². The lowest BCUT2D eigenvalue weighted by atomic mass is 10.0. The summed E-state index contributed by atoms with van der Waals surface area (Å²) in [5.41, 5.74) is 1.79. The zero-order chi connectivity index (χ0) is 15.4. The molecule has 0 aliphatic rings. The number of rotatable bonds is 8. The van der Waals surface area contributed by atoms with Crippen molar-refractivity contribution in [1.82, 2.24) is 9.71 Å². The Morgan fingerprint density at radius 2 is 2.15 bits per heavy atom. The molecule has 1 aromatic heterocycles. The van der Waals surface area contributed by atoms with Gasteiger partial charge in [-0.3, -0.25) is 4.79 Å². The highest BCUT2D eigenvalue weighted by Gasteiger charge is 2.25. The van der Waals surface area contributed by atoms with Gasteiger partial charge in [-0.25, -0.2) is 18.1 Å². The smallest absolute Gasteiger partial charge is 0.303 e. The van der Waals surface area contributed by atoms with Gasteiger partial charge in [0.1, 0.15) is 0 Å². The van der Waals surface area contributed by atoms with Crippen LogP contribution >= 0.6 is 11.3 Å². The van der Waals surface area contributed by atoms with Crippen molar-refractivity contribution in [1.29, 1.82) is 0 Å². The van der Waals surface area contributed by atoms with Crippen molar-refractivity contribution in [2.45, 2.75) is 45.6 Å². The number of thiazole rings is 1. The second kappa shape index (κ2) is 6.64. The summed E-state index contributed by atoms with van der Waals surface area (Å²) in [7, 11) is -3.44. The normalized spacial score (nSPS) is 12.6. The van der Waals surface area contributed by atoms with E-state index in [1.54, 1.807) is 19.4 Å². The van der Waals surface area contributed by atoms with Crippen LogP contribution in [0, 0.1) is 6.92 Å². The lowest BCUT2D eigenvalue weighted by molar-refractivity contribution is -0.137. The number of carbonyl (C=O) groups is 1. The second-order valence-corrected chi connectivity index (χ2v) is 8.09. The van der Waals surface area contributed by atoms with Crippen molar-refractivity contribution >= 4 is 27.3 Å². The first-order chi connectivity index (χ1) is 9.11. The van der Waals surface area contributed by atoms with Crippen LogP contribution in [0.25, 0.3) is 0 Å². The first-order valence-electron chi connectivity index (χ1n) is 6.24. The molecule has 0 saturated carbocycles. The van der Waals surface area contributed by atoms with Gasteiger partial charge in [0.15, 0.2) is 0 Å². The van der Waals surface area contributed by atoms with Gasteiger partial charge in [-0.1, -0.05) is 0 Å². The minimum atomic E-state index is -3.44. The number of aryl methyl sites for hydroxylation is 2. The Kier molecular flexibility index (Phi) is 5.67. The average Bonchev–Trinajstić information content (AvgIpc) is 2.69. The third-order valence-electron chi connectivity index (χ3n) is 2.84. The van der Waals surface area contributed by atoms with E-state index in [9.17, 15) is 13.2 Å². The molecule has 0 radical (unpaired) electrons. The van der Waals surface area contributed by atoms with Crippen molar-refractivity contribution in [3.8, 4) is 0 Å². The summed E-state index contributed by atoms with van der Waals surface area (Å²) >= 11 is 1.44. The molecule has 0 atom stereocenters. The summed E-state index contributed by atoms with van der Waals surface area (Å²) in [4.78, 5) is 15.6. The van der Waals surface area contributed by atoms with Gasteiger partial charge < -0.3 is 5.11 Å². The lowest BCUT2D eigenvalue weighted by Gasteiger charge is -2.25. The van der Waals surface area contributed by atoms with Crippen LogP contribution in [-0.2, 0) is 21.2 Å². The number of aromatic nitrogens is 1. The number of hydrogen-bond donors (Lipinski definition) is 2. The van der Waals surface area contributed by atoms with E-state index in [0.29, 0.717) is 6.42 Å². The molecular formula is C12H20N2O4S2. The molecule has 1 rings (SSSR count). The van der Waals surface area contributed by atoms with Crippen LogP contribution in [0.1, 0.15) is 37.3 Å². The van der Waals surface area contributed by atoms with Gasteiger partial charge in [0.25, 0.3) is 0 Å². The minimum Gasteiger partial charge on any atom is -0.481 e. The quantitative estimate of drug-likeness (QED) is 0.757. The zero-order valence-electron chi connectivity index (χ0n) is 11.8. The topological polar surface area (TPSA) is 96.4 Å². The molecule has 1 heterocycles. The molecule has 0 aliphatic carbocycles. The van der Waals surface area contributed by atoms with Crippen LogP contribution in [-0.4, -0.2) is 35.8 Å². The first kappa shape index (κ1) is 17.1. The fourth-order valence-corrected chi connectivity index (χ4v) is 4.16. The second-order valence-electron chi connectivity index (χ2n) is 5.31. The van der Waals surface area contributed by atoms with E-state index in [1.165, 1.54) is 11.3 Å². The number of carboxylic acid groups (broad SMARTS) is 1. The average molecular weight is 320 g/mol. The first-order valence-corrected chi connectivity index (χ1v) is 8.77. The SMILES string of the molecule is Cc1ncsc1CCS(=O)(=O)NC(C)(C)CCC(=O)O. The molecule has 114 valence electrons. The van der Waals surface area contributed by atoms with E-state index in [0.717, 1.165) is 10.6 Å². The zero-order valence-corrected chi connectivity index (χ0v) is 13.5. The molecule has 0 unspecified atom stereocenters. The molecular weight excluding hydrogens is 300 g/mol. The number of carboxylic acids is 1. The number of hydrogen-bond acceptors (Lipinski definition) is 5. The van der Waals surface area contributed by atoms with Crippen molar-refractivity contribution in [3.63, 3.8) is 0 Å². The van der Waals surface area contributed by atoms with Crippen LogP contribution in [0.5, 0.6) is 0 Å². The Bertz CT molecular complexity index is 564. The van der Waals surface area contributed by atoms with E-state index < -0.39 is 21.5 Å². The molecule has 6 nitrogen and oxygen atoms in total. The maximum Gasteiger partial charge on any atom is 0.303 e. The van der Waals surface area contributed by atoms with Crippen LogP contribution in [0.15, 0.2) is 5.51 Å². The van der Waals surface area contributed by atoms with Crippen molar-refractivity contribution < 1.29 is 18.3 Å². The van der Waals surface area contributed by atoms with Gasteiger partial charge in [0, 0.05) is 16.8 Å². The summed E-state index contributed by atoms with van der Waals surface area (Å²) in [6.07, 6.45) is 0.603. The molecule has 0 saturated heterocycles. The summed E-state index contributed by atoms with van der Waals surface area (Å²) in [6.45, 7) is 5.22. The van der Waals surface area contributed by atoms with Gasteiger partial charge in [-0.05, 0) is 33.6 Å². The third kappa shape index (κ3) is 5.98. The monoisotopic (exact) mass is 320 g/mol. The molecule has 20 heavy (non-hydrogen) atoms. The summed E-state index contributed by atoms with van der Waals surface area (Å²) in [5.74, 6) is -0.954. The van der Waals surface area contributed by atoms with Crippen molar-refractivity contribution in [2.24, 2.45) is 0 Å². The van der Waals surface area contributed by atoms with E-state index in [1.807, 2.05) is 6.92 Å². The molecule has 0 spiro atoms. The van der Waals surface area contributed by atoms with E-state index >= 15 is 0 Å².